The minimum absolute atomic E-state index is 0.0422. The minimum atomic E-state index is -0.942. The Hall–Kier alpha value is -3.17. The standard InChI is InChI=1S/C24H19F2N3O2S2/c25-20-6-3-17(11-21(20)26)29-12-19(23(27-29)16-8-10-32-13-16)24-28(22(31)14-33-24)9-7-15-1-4-18(30)5-2-15/h1-6,8,10-13,24,30H,7,9,14H2. The van der Waals surface area contributed by atoms with Crippen molar-refractivity contribution in [1.29, 1.82) is 0 Å². The van der Waals surface area contributed by atoms with Crippen molar-refractivity contribution in [3.63, 3.8) is 0 Å². The van der Waals surface area contributed by atoms with E-state index in [1.807, 2.05) is 33.9 Å². The molecule has 1 saturated heterocycles. The Bertz CT molecular complexity index is 1290. The van der Waals surface area contributed by atoms with E-state index in [0.717, 1.165) is 28.8 Å². The highest BCUT2D eigenvalue weighted by Crippen LogP contribution is 2.43. The third-order valence-corrected chi connectivity index (χ3v) is 7.44. The molecule has 0 bridgehead atoms. The van der Waals surface area contributed by atoms with Gasteiger partial charge in [-0.05, 0) is 47.7 Å². The lowest BCUT2D eigenvalue weighted by molar-refractivity contribution is -0.128. The molecule has 0 saturated carbocycles. The topological polar surface area (TPSA) is 58.4 Å². The Balaban J connectivity index is 1.49. The molecule has 9 heteroatoms. The molecule has 33 heavy (non-hydrogen) atoms. The van der Waals surface area contributed by atoms with Crippen LogP contribution in [0.3, 0.4) is 0 Å². The van der Waals surface area contributed by atoms with Crippen LogP contribution in [0.2, 0.25) is 0 Å². The van der Waals surface area contributed by atoms with Crippen LogP contribution in [-0.4, -0.2) is 38.0 Å². The van der Waals surface area contributed by atoms with Crippen LogP contribution < -0.4 is 0 Å². The zero-order chi connectivity index (χ0) is 22.9. The number of thioether (sulfide) groups is 1. The molecule has 1 amide bonds. The van der Waals surface area contributed by atoms with E-state index in [1.165, 1.54) is 33.8 Å². The van der Waals surface area contributed by atoms with Crippen LogP contribution >= 0.6 is 23.1 Å². The number of carbonyl (C=O) groups excluding carboxylic acids is 1. The summed E-state index contributed by atoms with van der Waals surface area (Å²) in [5.74, 6) is -1.25. The molecule has 1 fully saturated rings. The van der Waals surface area contributed by atoms with Crippen LogP contribution in [-0.2, 0) is 11.2 Å². The van der Waals surface area contributed by atoms with Gasteiger partial charge in [-0.1, -0.05) is 12.1 Å². The van der Waals surface area contributed by atoms with Gasteiger partial charge in [0.15, 0.2) is 11.6 Å². The van der Waals surface area contributed by atoms with E-state index in [0.29, 0.717) is 30.1 Å². The second kappa shape index (κ2) is 8.99. The Morgan fingerprint density at radius 3 is 2.64 bits per heavy atom. The molecule has 0 spiro atoms. The maximum atomic E-state index is 13.9. The van der Waals surface area contributed by atoms with Crippen LogP contribution in [0.5, 0.6) is 5.75 Å². The number of phenols is 1. The molecule has 4 aromatic rings. The lowest BCUT2D eigenvalue weighted by Crippen LogP contribution is -2.30. The van der Waals surface area contributed by atoms with Gasteiger partial charge in [0.05, 0.1) is 17.1 Å². The number of phenolic OH excluding ortho intramolecular Hbond substituents is 1. The SMILES string of the molecule is O=C1CSC(c2cn(-c3ccc(F)c(F)c3)nc2-c2ccsc2)N1CCc1ccc(O)cc1. The number of thiophene rings is 1. The summed E-state index contributed by atoms with van der Waals surface area (Å²) in [5, 5.41) is 17.9. The molecule has 1 N–H and O–H groups in total. The zero-order valence-corrected chi connectivity index (χ0v) is 19.0. The summed E-state index contributed by atoms with van der Waals surface area (Å²) < 4.78 is 28.8. The fourth-order valence-electron chi connectivity index (χ4n) is 3.82. The molecule has 5 rings (SSSR count). The number of rotatable bonds is 6. The molecule has 1 aliphatic heterocycles. The summed E-state index contributed by atoms with van der Waals surface area (Å²) >= 11 is 3.07. The van der Waals surface area contributed by atoms with Crippen LogP contribution in [0.15, 0.2) is 65.5 Å². The first-order valence-corrected chi connectivity index (χ1v) is 12.3. The number of aromatic hydroxyl groups is 1. The van der Waals surface area contributed by atoms with Gasteiger partial charge < -0.3 is 10.0 Å². The highest BCUT2D eigenvalue weighted by molar-refractivity contribution is 8.00. The monoisotopic (exact) mass is 483 g/mol. The summed E-state index contributed by atoms with van der Waals surface area (Å²) in [7, 11) is 0. The van der Waals surface area contributed by atoms with Crippen molar-refractivity contribution in [3.8, 4) is 22.7 Å². The van der Waals surface area contributed by atoms with Gasteiger partial charge in [-0.15, -0.1) is 11.8 Å². The maximum Gasteiger partial charge on any atom is 0.233 e. The van der Waals surface area contributed by atoms with Crippen molar-refractivity contribution in [3.05, 3.63) is 88.2 Å². The molecule has 3 heterocycles. The van der Waals surface area contributed by atoms with Gasteiger partial charge in [-0.2, -0.15) is 16.4 Å². The van der Waals surface area contributed by atoms with Crippen molar-refractivity contribution in [2.75, 3.05) is 12.3 Å². The Morgan fingerprint density at radius 2 is 1.91 bits per heavy atom. The largest absolute Gasteiger partial charge is 0.508 e. The van der Waals surface area contributed by atoms with Gasteiger partial charge in [0.2, 0.25) is 5.91 Å². The molecule has 168 valence electrons. The van der Waals surface area contributed by atoms with E-state index in [-0.39, 0.29) is 17.0 Å². The number of nitrogens with zero attached hydrogens (tertiary/aromatic N) is 3. The lowest BCUT2D eigenvalue weighted by atomic mass is 10.1. The molecule has 0 aliphatic carbocycles. The van der Waals surface area contributed by atoms with Gasteiger partial charge in [0, 0.05) is 35.3 Å². The molecule has 2 aromatic carbocycles. The first-order chi connectivity index (χ1) is 16.0. The number of hydrogen-bond donors (Lipinski definition) is 1. The van der Waals surface area contributed by atoms with Crippen molar-refractivity contribution < 1.29 is 18.7 Å². The molecule has 1 aliphatic rings. The van der Waals surface area contributed by atoms with E-state index in [2.05, 4.69) is 5.10 Å². The quantitative estimate of drug-likeness (QED) is 0.399. The van der Waals surface area contributed by atoms with Crippen LogP contribution in [0.4, 0.5) is 8.78 Å². The number of hydrogen-bond acceptors (Lipinski definition) is 5. The van der Waals surface area contributed by atoms with E-state index in [4.69, 9.17) is 0 Å². The van der Waals surface area contributed by atoms with Crippen molar-refractivity contribution in [2.45, 2.75) is 11.8 Å². The van der Waals surface area contributed by atoms with Gasteiger partial charge >= 0.3 is 0 Å². The minimum Gasteiger partial charge on any atom is -0.508 e. The molecular weight excluding hydrogens is 464 g/mol. The Morgan fingerprint density at radius 1 is 1.09 bits per heavy atom. The molecule has 5 nitrogen and oxygen atoms in total. The van der Waals surface area contributed by atoms with Crippen LogP contribution in [0.1, 0.15) is 16.5 Å². The summed E-state index contributed by atoms with van der Waals surface area (Å²) in [6.45, 7) is 0.515. The zero-order valence-electron chi connectivity index (χ0n) is 17.3. The summed E-state index contributed by atoms with van der Waals surface area (Å²) in [6.07, 6.45) is 2.44. The average molecular weight is 484 g/mol. The predicted molar refractivity (Wildman–Crippen MR) is 126 cm³/mol. The second-order valence-electron chi connectivity index (χ2n) is 7.65. The van der Waals surface area contributed by atoms with Crippen LogP contribution in [0.25, 0.3) is 16.9 Å². The third kappa shape index (κ3) is 4.38. The fraction of sp³-hybridized carbons (Fsp3) is 0.167. The van der Waals surface area contributed by atoms with Crippen molar-refractivity contribution in [2.24, 2.45) is 0 Å². The highest BCUT2D eigenvalue weighted by atomic mass is 32.2. The third-order valence-electron chi connectivity index (χ3n) is 5.52. The Labute approximate surface area is 197 Å². The summed E-state index contributed by atoms with van der Waals surface area (Å²) in [6, 6.07) is 12.6. The summed E-state index contributed by atoms with van der Waals surface area (Å²) in [5.41, 5.74) is 3.89. The van der Waals surface area contributed by atoms with Gasteiger partial charge in [-0.25, -0.2) is 13.5 Å². The first kappa shape index (κ1) is 21.7. The van der Waals surface area contributed by atoms with Crippen molar-refractivity contribution in [1.82, 2.24) is 14.7 Å². The molecular formula is C24H19F2N3O2S2. The van der Waals surface area contributed by atoms with Gasteiger partial charge in [0.25, 0.3) is 0 Å². The van der Waals surface area contributed by atoms with Gasteiger partial charge in [0.1, 0.15) is 11.1 Å². The predicted octanol–water partition coefficient (Wildman–Crippen LogP) is 5.40. The first-order valence-electron chi connectivity index (χ1n) is 10.3. The molecule has 0 radical (unpaired) electrons. The fourth-order valence-corrected chi connectivity index (χ4v) is 5.68. The normalized spacial score (nSPS) is 16.0. The molecule has 1 unspecified atom stereocenters. The number of halogens is 2. The maximum absolute atomic E-state index is 13.9. The average Bonchev–Trinajstić information content (AvgIpc) is 3.55. The smallest absolute Gasteiger partial charge is 0.233 e. The number of aromatic nitrogens is 2. The van der Waals surface area contributed by atoms with E-state index in [9.17, 15) is 18.7 Å². The van der Waals surface area contributed by atoms with Gasteiger partial charge in [-0.3, -0.25) is 4.79 Å². The number of amides is 1. The second-order valence-corrected chi connectivity index (χ2v) is 9.50. The molecule has 1 atom stereocenters. The van der Waals surface area contributed by atoms with E-state index < -0.39 is 11.6 Å². The highest BCUT2D eigenvalue weighted by Gasteiger charge is 2.35. The van der Waals surface area contributed by atoms with Crippen molar-refractivity contribution >= 4 is 29.0 Å². The lowest BCUT2D eigenvalue weighted by Gasteiger charge is -2.24. The Kier molecular flexibility index (Phi) is 5.90. The van der Waals surface area contributed by atoms with E-state index >= 15 is 0 Å². The van der Waals surface area contributed by atoms with Crippen LogP contribution in [0, 0.1) is 11.6 Å². The molecule has 2 aromatic heterocycles. The number of benzene rings is 2. The summed E-state index contributed by atoms with van der Waals surface area (Å²) in [4.78, 5) is 14.6. The van der Waals surface area contributed by atoms with E-state index in [1.54, 1.807) is 18.3 Å². The number of carbonyl (C=O) groups is 1.